The molecule has 110 valence electrons. The number of aromatic nitrogens is 1. The van der Waals surface area contributed by atoms with Crippen LogP contribution in [0.15, 0.2) is 42.6 Å². The van der Waals surface area contributed by atoms with Crippen LogP contribution in [0.1, 0.15) is 15.9 Å². The number of para-hydroxylation sites is 1. The molecule has 1 N–H and O–H groups in total. The third kappa shape index (κ3) is 3.79. The minimum atomic E-state index is -0.184. The topological polar surface area (TPSA) is 54.5 Å². The molecule has 1 amide bonds. The van der Waals surface area contributed by atoms with Crippen molar-refractivity contribution >= 4 is 17.4 Å². The maximum Gasteiger partial charge on any atom is 0.257 e. The van der Waals surface area contributed by atoms with E-state index in [1.165, 1.54) is 0 Å². The Morgan fingerprint density at radius 2 is 2.00 bits per heavy atom. The summed E-state index contributed by atoms with van der Waals surface area (Å²) in [4.78, 5) is 18.4. The molecule has 5 heteroatoms. The smallest absolute Gasteiger partial charge is 0.257 e. The lowest BCUT2D eigenvalue weighted by Crippen LogP contribution is -2.15. The van der Waals surface area contributed by atoms with E-state index in [2.05, 4.69) is 10.3 Å². The van der Waals surface area contributed by atoms with Crippen molar-refractivity contribution < 1.29 is 9.53 Å². The second-order valence-electron chi connectivity index (χ2n) is 4.84. The highest BCUT2D eigenvalue weighted by molar-refractivity contribution is 6.04. The van der Waals surface area contributed by atoms with Gasteiger partial charge in [0.05, 0.1) is 12.2 Å². The second kappa shape index (κ2) is 6.85. The molecule has 0 bridgehead atoms. The van der Waals surface area contributed by atoms with Gasteiger partial charge in [0.25, 0.3) is 5.91 Å². The molecule has 1 aromatic heterocycles. The van der Waals surface area contributed by atoms with Gasteiger partial charge in [-0.1, -0.05) is 18.2 Å². The fourth-order valence-corrected chi connectivity index (χ4v) is 1.90. The van der Waals surface area contributed by atoms with Crippen molar-refractivity contribution in [1.29, 1.82) is 0 Å². The van der Waals surface area contributed by atoms with Crippen LogP contribution in [0.2, 0.25) is 0 Å². The summed E-state index contributed by atoms with van der Waals surface area (Å²) < 4.78 is 5.13. The number of ether oxygens (including phenoxy) is 1. The van der Waals surface area contributed by atoms with E-state index in [1.54, 1.807) is 19.4 Å². The fourth-order valence-electron chi connectivity index (χ4n) is 1.90. The number of hydrogen-bond acceptors (Lipinski definition) is 4. The number of pyridine rings is 1. The lowest BCUT2D eigenvalue weighted by atomic mass is 10.1. The molecule has 0 radical (unpaired) electrons. The summed E-state index contributed by atoms with van der Waals surface area (Å²) in [5, 5.41) is 2.89. The summed E-state index contributed by atoms with van der Waals surface area (Å²) in [6.07, 6.45) is 1.57. The highest BCUT2D eigenvalue weighted by Crippen LogP contribution is 2.17. The molecule has 0 spiro atoms. The maximum absolute atomic E-state index is 12.2. The van der Waals surface area contributed by atoms with Crippen molar-refractivity contribution in [1.82, 2.24) is 4.98 Å². The summed E-state index contributed by atoms with van der Waals surface area (Å²) >= 11 is 0. The van der Waals surface area contributed by atoms with E-state index < -0.39 is 0 Å². The molecule has 0 aliphatic heterocycles. The van der Waals surface area contributed by atoms with E-state index >= 15 is 0 Å². The van der Waals surface area contributed by atoms with Crippen molar-refractivity contribution in [3.8, 4) is 0 Å². The van der Waals surface area contributed by atoms with Crippen LogP contribution in [-0.2, 0) is 11.3 Å². The number of nitrogens with zero attached hydrogens (tertiary/aromatic N) is 2. The number of anilines is 2. The molecule has 1 aromatic carbocycles. The van der Waals surface area contributed by atoms with Crippen LogP contribution >= 0.6 is 0 Å². The van der Waals surface area contributed by atoms with Gasteiger partial charge in [0, 0.05) is 38.7 Å². The Balaban J connectivity index is 2.14. The number of benzene rings is 1. The van der Waals surface area contributed by atoms with Crippen molar-refractivity contribution in [2.45, 2.75) is 6.61 Å². The molecule has 0 atom stereocenters. The van der Waals surface area contributed by atoms with Crippen LogP contribution in [0.4, 0.5) is 11.5 Å². The molecule has 2 aromatic rings. The first-order valence-corrected chi connectivity index (χ1v) is 6.63. The first-order valence-electron chi connectivity index (χ1n) is 6.63. The van der Waals surface area contributed by atoms with Crippen molar-refractivity contribution in [3.05, 3.63) is 53.7 Å². The standard InChI is InChI=1S/C16H19N3O2/c1-19(2)15-9-8-12(10-17-15)16(20)18-14-7-5-4-6-13(14)11-21-3/h4-10H,11H2,1-3H3,(H,18,20). The average Bonchev–Trinajstić information content (AvgIpc) is 2.49. The van der Waals surface area contributed by atoms with Crippen LogP contribution in [0.25, 0.3) is 0 Å². The molecule has 0 aliphatic rings. The Labute approximate surface area is 124 Å². The average molecular weight is 285 g/mol. The summed E-state index contributed by atoms with van der Waals surface area (Å²) in [7, 11) is 5.44. The van der Waals surface area contributed by atoms with Crippen LogP contribution in [0.5, 0.6) is 0 Å². The van der Waals surface area contributed by atoms with Crippen LogP contribution in [0.3, 0.4) is 0 Å². The van der Waals surface area contributed by atoms with E-state index in [4.69, 9.17) is 4.74 Å². The van der Waals surface area contributed by atoms with E-state index in [0.29, 0.717) is 12.2 Å². The van der Waals surface area contributed by atoms with Gasteiger partial charge in [-0.3, -0.25) is 4.79 Å². The SMILES string of the molecule is COCc1ccccc1NC(=O)c1ccc(N(C)C)nc1. The minimum Gasteiger partial charge on any atom is -0.380 e. The van der Waals surface area contributed by atoms with Crippen molar-refractivity contribution in [2.75, 3.05) is 31.4 Å². The maximum atomic E-state index is 12.2. The predicted molar refractivity (Wildman–Crippen MR) is 83.7 cm³/mol. The predicted octanol–water partition coefficient (Wildman–Crippen LogP) is 2.55. The molecule has 1 heterocycles. The summed E-state index contributed by atoms with van der Waals surface area (Å²) in [5.41, 5.74) is 2.21. The summed E-state index contributed by atoms with van der Waals surface area (Å²) in [6.45, 7) is 0.453. The fraction of sp³-hybridized carbons (Fsp3) is 0.250. The van der Waals surface area contributed by atoms with Crippen LogP contribution in [0, 0.1) is 0 Å². The molecule has 0 unspecified atom stereocenters. The zero-order chi connectivity index (χ0) is 15.2. The molecule has 5 nitrogen and oxygen atoms in total. The van der Waals surface area contributed by atoms with Gasteiger partial charge in [0.2, 0.25) is 0 Å². The monoisotopic (exact) mass is 285 g/mol. The van der Waals surface area contributed by atoms with Gasteiger partial charge in [0.15, 0.2) is 0 Å². The second-order valence-corrected chi connectivity index (χ2v) is 4.84. The normalized spacial score (nSPS) is 10.2. The van der Waals surface area contributed by atoms with Gasteiger partial charge in [0.1, 0.15) is 5.82 Å². The summed E-state index contributed by atoms with van der Waals surface area (Å²) in [5.74, 6) is 0.627. The molecule has 21 heavy (non-hydrogen) atoms. The lowest BCUT2D eigenvalue weighted by molar-refractivity contribution is 0.102. The highest BCUT2D eigenvalue weighted by atomic mass is 16.5. The molecular weight excluding hydrogens is 266 g/mol. The van der Waals surface area contributed by atoms with Crippen molar-refractivity contribution in [2.24, 2.45) is 0 Å². The Morgan fingerprint density at radius 1 is 1.24 bits per heavy atom. The first kappa shape index (κ1) is 15.0. The third-order valence-corrected chi connectivity index (χ3v) is 3.03. The number of carbonyl (C=O) groups is 1. The molecule has 0 saturated carbocycles. The zero-order valence-electron chi connectivity index (χ0n) is 12.5. The van der Waals surface area contributed by atoms with Gasteiger partial charge in [-0.25, -0.2) is 4.98 Å². The van der Waals surface area contributed by atoms with E-state index in [0.717, 1.165) is 17.1 Å². The number of hydrogen-bond donors (Lipinski definition) is 1. The first-order chi connectivity index (χ1) is 10.1. The number of rotatable bonds is 5. The van der Waals surface area contributed by atoms with E-state index in [-0.39, 0.29) is 5.91 Å². The summed E-state index contributed by atoms with van der Waals surface area (Å²) in [6, 6.07) is 11.1. The van der Waals surface area contributed by atoms with Gasteiger partial charge < -0.3 is 15.0 Å². The Bertz CT molecular complexity index is 609. The molecule has 0 fully saturated rings. The van der Waals surface area contributed by atoms with Crippen molar-refractivity contribution in [3.63, 3.8) is 0 Å². The Morgan fingerprint density at radius 3 is 2.62 bits per heavy atom. The van der Waals surface area contributed by atoms with Crippen LogP contribution in [-0.4, -0.2) is 32.1 Å². The van der Waals surface area contributed by atoms with Gasteiger partial charge >= 0.3 is 0 Å². The minimum absolute atomic E-state index is 0.184. The van der Waals surface area contributed by atoms with Crippen LogP contribution < -0.4 is 10.2 Å². The quantitative estimate of drug-likeness (QED) is 0.917. The highest BCUT2D eigenvalue weighted by Gasteiger charge is 2.09. The Kier molecular flexibility index (Phi) is 4.90. The van der Waals surface area contributed by atoms with E-state index in [1.807, 2.05) is 49.3 Å². The van der Waals surface area contributed by atoms with Gasteiger partial charge in [-0.15, -0.1) is 0 Å². The third-order valence-electron chi connectivity index (χ3n) is 3.03. The number of amides is 1. The number of nitrogens with one attached hydrogen (secondary N) is 1. The molecule has 0 saturated heterocycles. The van der Waals surface area contributed by atoms with E-state index in [9.17, 15) is 4.79 Å². The Hall–Kier alpha value is -2.40. The lowest BCUT2D eigenvalue weighted by Gasteiger charge is -2.12. The van der Waals surface area contributed by atoms with Gasteiger partial charge in [-0.05, 0) is 18.2 Å². The zero-order valence-corrected chi connectivity index (χ0v) is 12.5. The molecular formula is C16H19N3O2. The van der Waals surface area contributed by atoms with Gasteiger partial charge in [-0.2, -0.15) is 0 Å². The molecule has 0 aliphatic carbocycles. The number of carbonyl (C=O) groups excluding carboxylic acids is 1. The largest absolute Gasteiger partial charge is 0.380 e. The number of methoxy groups -OCH3 is 1. The molecule has 2 rings (SSSR count).